The quantitative estimate of drug-likeness (QED) is 0.435. The summed E-state index contributed by atoms with van der Waals surface area (Å²) >= 11 is 3.27. The van der Waals surface area contributed by atoms with Crippen molar-refractivity contribution in [1.29, 1.82) is 0 Å². The van der Waals surface area contributed by atoms with Gasteiger partial charge in [-0.2, -0.15) is 4.98 Å². The van der Waals surface area contributed by atoms with Crippen LogP contribution in [0.3, 0.4) is 0 Å². The van der Waals surface area contributed by atoms with Crippen LogP contribution >= 0.6 is 15.9 Å². The second-order valence-electron chi connectivity index (χ2n) is 5.25. The van der Waals surface area contributed by atoms with Gasteiger partial charge >= 0.3 is 11.6 Å². The molecular weight excluding hydrogens is 437 g/mol. The van der Waals surface area contributed by atoms with Gasteiger partial charge in [0, 0.05) is 4.47 Å². The minimum Gasteiger partial charge on any atom is -0.434 e. The maximum absolute atomic E-state index is 13.7. The number of ether oxygens (including phenoxy) is 1. The normalized spacial score (nSPS) is 10.2. The molecule has 0 aliphatic heterocycles. The number of carbonyl (C=O) groups is 1. The number of carbonyl (C=O) groups excluding carboxylic acids is 1. The van der Waals surface area contributed by atoms with Gasteiger partial charge in [-0.1, -0.05) is 28.1 Å². The Kier molecular flexibility index (Phi) is 5.75. The molecule has 0 spiro atoms. The molecule has 0 atom stereocenters. The third kappa shape index (κ3) is 4.38. The van der Waals surface area contributed by atoms with Gasteiger partial charge in [-0.05, 0) is 36.4 Å². The highest BCUT2D eigenvalue weighted by Crippen LogP contribution is 2.33. The molecule has 0 saturated carbocycles. The van der Waals surface area contributed by atoms with Crippen molar-refractivity contribution in [3.8, 4) is 11.6 Å². The van der Waals surface area contributed by atoms with Crippen molar-refractivity contribution < 1.29 is 18.8 Å². The summed E-state index contributed by atoms with van der Waals surface area (Å²) in [7, 11) is 0. The highest BCUT2D eigenvalue weighted by molar-refractivity contribution is 9.10. The number of benzene rings is 2. The van der Waals surface area contributed by atoms with E-state index in [-0.39, 0.29) is 17.3 Å². The molecule has 28 heavy (non-hydrogen) atoms. The van der Waals surface area contributed by atoms with Crippen molar-refractivity contribution in [2.75, 3.05) is 5.43 Å². The second-order valence-corrected chi connectivity index (χ2v) is 6.16. The number of hydrogen-bond acceptors (Lipinski definition) is 7. The van der Waals surface area contributed by atoms with E-state index in [0.29, 0.717) is 5.75 Å². The van der Waals surface area contributed by atoms with Crippen LogP contribution in [0.5, 0.6) is 11.6 Å². The molecule has 1 aromatic heterocycles. The fourth-order valence-corrected chi connectivity index (χ4v) is 2.40. The van der Waals surface area contributed by atoms with Gasteiger partial charge in [0.05, 0.1) is 10.5 Å². The number of nitrogens with one attached hydrogen (secondary N) is 2. The summed E-state index contributed by atoms with van der Waals surface area (Å²) < 4.78 is 19.9. The van der Waals surface area contributed by atoms with Crippen LogP contribution in [0, 0.1) is 15.9 Å². The Morgan fingerprint density at radius 2 is 1.86 bits per heavy atom. The number of hydrogen-bond donors (Lipinski definition) is 2. The average Bonchev–Trinajstić information content (AvgIpc) is 2.68. The number of hydrazine groups is 1. The second kappa shape index (κ2) is 8.39. The molecule has 9 nitrogen and oxygen atoms in total. The molecule has 3 aromatic rings. The molecule has 0 saturated heterocycles. The minimum atomic E-state index is -0.832. The minimum absolute atomic E-state index is 0.238. The number of anilines is 1. The summed E-state index contributed by atoms with van der Waals surface area (Å²) in [5.74, 6) is -1.91. The zero-order valence-corrected chi connectivity index (χ0v) is 15.5. The maximum atomic E-state index is 13.7. The Morgan fingerprint density at radius 3 is 2.54 bits per heavy atom. The number of nitrogens with zero attached hydrogens (tertiary/aromatic N) is 3. The fraction of sp³-hybridized carbons (Fsp3) is 0. The zero-order valence-electron chi connectivity index (χ0n) is 13.9. The molecule has 1 amide bonds. The van der Waals surface area contributed by atoms with Gasteiger partial charge < -0.3 is 4.74 Å². The number of amides is 1. The van der Waals surface area contributed by atoms with E-state index in [0.717, 1.165) is 16.9 Å². The molecule has 0 unspecified atom stereocenters. The first-order valence-electron chi connectivity index (χ1n) is 7.69. The monoisotopic (exact) mass is 447 g/mol. The summed E-state index contributed by atoms with van der Waals surface area (Å²) in [6.45, 7) is 0. The van der Waals surface area contributed by atoms with Crippen LogP contribution in [0.1, 0.15) is 10.4 Å². The van der Waals surface area contributed by atoms with Crippen molar-refractivity contribution in [1.82, 2.24) is 15.4 Å². The molecule has 3 rings (SSSR count). The lowest BCUT2D eigenvalue weighted by atomic mass is 10.2. The third-order valence-corrected chi connectivity index (χ3v) is 3.94. The Morgan fingerprint density at radius 1 is 1.14 bits per heavy atom. The molecule has 1 heterocycles. The predicted molar refractivity (Wildman–Crippen MR) is 100 cm³/mol. The van der Waals surface area contributed by atoms with Crippen LogP contribution in [-0.2, 0) is 0 Å². The van der Waals surface area contributed by atoms with E-state index >= 15 is 0 Å². The standard InChI is InChI=1S/C17H11BrFN5O4/c18-10-5-7-11(8-6-10)28-17-14(24(26)27)15(20-9-21-17)22-23-16(25)12-3-1-2-4-13(12)19/h1-9H,(H,23,25)(H,20,21,22). The fourth-order valence-electron chi connectivity index (χ4n) is 2.14. The number of aromatic nitrogens is 2. The first-order chi connectivity index (χ1) is 13.5. The maximum Gasteiger partial charge on any atom is 0.374 e. The van der Waals surface area contributed by atoms with Crippen molar-refractivity contribution in [2.45, 2.75) is 0 Å². The third-order valence-electron chi connectivity index (χ3n) is 3.41. The molecular formula is C17H11BrFN5O4. The van der Waals surface area contributed by atoms with E-state index < -0.39 is 22.3 Å². The first-order valence-corrected chi connectivity index (χ1v) is 8.48. The Hall–Kier alpha value is -3.60. The van der Waals surface area contributed by atoms with Crippen molar-refractivity contribution in [3.05, 3.63) is 80.8 Å². The van der Waals surface area contributed by atoms with Crippen LogP contribution in [0.2, 0.25) is 0 Å². The molecule has 2 aromatic carbocycles. The van der Waals surface area contributed by atoms with E-state index in [1.54, 1.807) is 24.3 Å². The number of rotatable bonds is 6. The molecule has 0 aliphatic rings. The van der Waals surface area contributed by atoms with Crippen LogP contribution in [0.4, 0.5) is 15.9 Å². The summed E-state index contributed by atoms with van der Waals surface area (Å²) in [6.07, 6.45) is 1.03. The topological polar surface area (TPSA) is 119 Å². The van der Waals surface area contributed by atoms with E-state index in [4.69, 9.17) is 4.74 Å². The molecule has 11 heteroatoms. The number of halogens is 2. The zero-order chi connectivity index (χ0) is 20.1. The summed E-state index contributed by atoms with van der Waals surface area (Å²) in [5, 5.41) is 11.5. The highest BCUT2D eigenvalue weighted by atomic mass is 79.9. The van der Waals surface area contributed by atoms with Crippen LogP contribution in [0.25, 0.3) is 0 Å². The molecule has 2 N–H and O–H groups in total. The summed E-state index contributed by atoms with van der Waals surface area (Å²) in [5.41, 5.74) is 3.64. The van der Waals surface area contributed by atoms with Gasteiger partial charge in [-0.3, -0.25) is 25.8 Å². The van der Waals surface area contributed by atoms with E-state index in [1.165, 1.54) is 18.2 Å². The van der Waals surface area contributed by atoms with Crippen LogP contribution in [-0.4, -0.2) is 20.8 Å². The molecule has 0 bridgehead atoms. The van der Waals surface area contributed by atoms with E-state index in [1.807, 2.05) is 0 Å². The van der Waals surface area contributed by atoms with Gasteiger partial charge in [0.2, 0.25) is 5.82 Å². The van der Waals surface area contributed by atoms with Crippen molar-refractivity contribution >= 4 is 33.3 Å². The van der Waals surface area contributed by atoms with Gasteiger partial charge in [-0.15, -0.1) is 0 Å². The average molecular weight is 448 g/mol. The number of nitro groups is 1. The van der Waals surface area contributed by atoms with Gasteiger partial charge in [0.25, 0.3) is 5.91 Å². The van der Waals surface area contributed by atoms with Gasteiger partial charge in [0.1, 0.15) is 17.9 Å². The summed E-state index contributed by atoms with van der Waals surface area (Å²) in [6, 6.07) is 11.9. The largest absolute Gasteiger partial charge is 0.434 e. The first kappa shape index (κ1) is 19.2. The molecule has 0 fully saturated rings. The lowest BCUT2D eigenvalue weighted by molar-refractivity contribution is -0.385. The van der Waals surface area contributed by atoms with E-state index in [2.05, 4.69) is 36.7 Å². The molecule has 0 radical (unpaired) electrons. The van der Waals surface area contributed by atoms with Crippen LogP contribution < -0.4 is 15.6 Å². The predicted octanol–water partition coefficient (Wildman–Crippen LogP) is 3.84. The smallest absolute Gasteiger partial charge is 0.374 e. The Bertz CT molecular complexity index is 1030. The Labute approximate surface area is 165 Å². The SMILES string of the molecule is O=C(NNc1ncnc(Oc2ccc(Br)cc2)c1[N+](=O)[O-])c1ccccc1F. The van der Waals surface area contributed by atoms with Crippen molar-refractivity contribution in [3.63, 3.8) is 0 Å². The van der Waals surface area contributed by atoms with Gasteiger partial charge in [-0.25, -0.2) is 9.37 Å². The summed E-state index contributed by atoms with van der Waals surface area (Å²) in [4.78, 5) is 30.3. The molecule has 0 aliphatic carbocycles. The Balaban J connectivity index is 1.83. The lowest BCUT2D eigenvalue weighted by Gasteiger charge is -2.10. The van der Waals surface area contributed by atoms with Gasteiger partial charge in [0.15, 0.2) is 0 Å². The van der Waals surface area contributed by atoms with Crippen LogP contribution in [0.15, 0.2) is 59.3 Å². The highest BCUT2D eigenvalue weighted by Gasteiger charge is 2.25. The van der Waals surface area contributed by atoms with E-state index in [9.17, 15) is 19.3 Å². The molecule has 142 valence electrons. The van der Waals surface area contributed by atoms with Crippen molar-refractivity contribution in [2.24, 2.45) is 0 Å². The lowest BCUT2D eigenvalue weighted by Crippen LogP contribution is -2.31.